The smallest absolute Gasteiger partial charge is 0.251 e. The Kier molecular flexibility index (Phi) is 16.9. The molecule has 14 nitrogen and oxygen atoms in total. The van der Waals surface area contributed by atoms with Crippen molar-refractivity contribution < 1.29 is 19.4 Å². The SMILES string of the molecule is O=C(NCCCc1ncc[nH]1)c1ccc2nc(Cl)c(-c3ccc(Cl)cc3)nc2c1.O=C(NCCCc1ncc[nH]1)c1ccc2nc(Oc3ccccc3)c(-c3ccc(Cl)cc3)nc2c1.Oc1ccccc1. The number of benzene rings is 6. The molecule has 0 saturated heterocycles. The Hall–Kier alpha value is -8.17. The molecule has 0 bridgehead atoms. The summed E-state index contributed by atoms with van der Waals surface area (Å²) in [4.78, 5) is 58.2. The van der Waals surface area contributed by atoms with E-state index in [9.17, 15) is 9.59 Å². The van der Waals surface area contributed by atoms with Gasteiger partial charge < -0.3 is 30.4 Å². The fourth-order valence-corrected chi connectivity index (χ4v) is 7.52. The summed E-state index contributed by atoms with van der Waals surface area (Å²) in [5.74, 6) is 2.85. The molecule has 17 heteroatoms. The molecule has 0 unspecified atom stereocenters. The van der Waals surface area contributed by atoms with Crippen molar-refractivity contribution in [1.29, 1.82) is 0 Å². The fourth-order valence-electron chi connectivity index (χ4n) is 7.03. The van der Waals surface area contributed by atoms with Crippen molar-refractivity contribution in [2.45, 2.75) is 25.7 Å². The van der Waals surface area contributed by atoms with E-state index in [0.717, 1.165) is 48.5 Å². The van der Waals surface area contributed by atoms with Crippen molar-refractivity contribution >= 4 is 68.7 Å². The molecule has 0 radical (unpaired) electrons. The highest BCUT2D eigenvalue weighted by Crippen LogP contribution is 2.33. The number of imidazole rings is 2. The molecule has 10 aromatic rings. The van der Waals surface area contributed by atoms with Gasteiger partial charge in [0.05, 0.1) is 22.1 Å². The maximum atomic E-state index is 12.7. The molecule has 0 aliphatic carbocycles. The van der Waals surface area contributed by atoms with Gasteiger partial charge in [-0.05, 0) is 97.8 Å². The molecule has 2 amide bonds. The summed E-state index contributed by atoms with van der Waals surface area (Å²) in [7, 11) is 0. The third-order valence-electron chi connectivity index (χ3n) is 10.6. The van der Waals surface area contributed by atoms with E-state index >= 15 is 0 Å². The highest BCUT2D eigenvalue weighted by molar-refractivity contribution is 6.32. The fraction of sp³-hybridized carbons (Fsp3) is 0.111. The molecule has 6 aromatic carbocycles. The Morgan fingerprint density at radius 2 is 1.01 bits per heavy atom. The lowest BCUT2D eigenvalue weighted by molar-refractivity contribution is 0.0945. The number of carbonyl (C=O) groups excluding carboxylic acids is 2. The van der Waals surface area contributed by atoms with E-state index in [4.69, 9.17) is 54.6 Å². The van der Waals surface area contributed by atoms with Gasteiger partial charge in [0.1, 0.15) is 34.5 Å². The number of nitrogens with zero attached hydrogens (tertiary/aromatic N) is 6. The number of aromatic nitrogens is 8. The lowest BCUT2D eigenvalue weighted by Gasteiger charge is -2.12. The number of hydrogen-bond acceptors (Lipinski definition) is 10. The Morgan fingerprint density at radius 3 is 1.49 bits per heavy atom. The van der Waals surface area contributed by atoms with Gasteiger partial charge in [-0.1, -0.05) is 95.5 Å². The number of phenols is 1. The lowest BCUT2D eigenvalue weighted by Crippen LogP contribution is -2.24. The molecule has 4 aromatic heterocycles. The van der Waals surface area contributed by atoms with Crippen LogP contribution in [0, 0.1) is 0 Å². The minimum atomic E-state index is -0.161. The number of amides is 2. The topological polar surface area (TPSA) is 197 Å². The number of halogens is 3. The molecule has 0 aliphatic heterocycles. The second kappa shape index (κ2) is 24.4. The first-order valence-corrected chi connectivity index (χ1v) is 23.6. The lowest BCUT2D eigenvalue weighted by atomic mass is 10.1. The van der Waals surface area contributed by atoms with Crippen molar-refractivity contribution in [2.75, 3.05) is 13.1 Å². The molecular weight excluding hydrogens is 959 g/mol. The summed E-state index contributed by atoms with van der Waals surface area (Å²) < 4.78 is 6.08. The van der Waals surface area contributed by atoms with Gasteiger partial charge in [-0.2, -0.15) is 0 Å². The van der Waals surface area contributed by atoms with E-state index in [1.807, 2.05) is 60.7 Å². The van der Waals surface area contributed by atoms with Crippen LogP contribution in [0.2, 0.25) is 15.2 Å². The molecule has 0 saturated carbocycles. The van der Waals surface area contributed by atoms with Gasteiger partial charge in [-0.15, -0.1) is 0 Å². The highest BCUT2D eigenvalue weighted by Gasteiger charge is 2.17. The number of aromatic amines is 2. The second-order valence-corrected chi connectivity index (χ2v) is 16.9. The van der Waals surface area contributed by atoms with E-state index in [2.05, 4.69) is 40.5 Å². The van der Waals surface area contributed by atoms with Crippen LogP contribution in [0.1, 0.15) is 45.2 Å². The van der Waals surface area contributed by atoms with Crippen LogP contribution < -0.4 is 15.4 Å². The summed E-state index contributed by atoms with van der Waals surface area (Å²) in [6.07, 6.45) is 10.1. The Morgan fingerprint density at radius 1 is 0.535 bits per heavy atom. The van der Waals surface area contributed by atoms with Gasteiger partial charge in [0.25, 0.3) is 11.8 Å². The molecular formula is C54H45Cl3N10O4. The number of rotatable bonds is 14. The average molecular weight is 1000 g/mol. The van der Waals surface area contributed by atoms with Gasteiger partial charge in [0.2, 0.25) is 5.88 Å². The van der Waals surface area contributed by atoms with Crippen molar-refractivity contribution in [1.82, 2.24) is 50.5 Å². The minimum absolute atomic E-state index is 0.156. The number of nitrogens with one attached hydrogen (secondary N) is 4. The standard InChI is InChI=1S/C27H22ClN5O2.C21H17Cl2N5O.C6H6O/c28-20-11-8-18(9-12-20)25-27(35-21-5-2-1-3-6-21)33-22-13-10-19(17-23(22)32-25)26(34)31-14-4-7-24-29-15-16-30-24;22-15-6-3-13(4-7-15)19-20(23)28-16-8-5-14(12-17(16)27-19)21(29)26-9-1-2-18-24-10-11-25-18;7-6-4-2-1-3-5-6/h1-3,5-6,8-13,15-17H,4,7,14H2,(H,29,30)(H,31,34);3-8,10-12H,1-2,9H2,(H,24,25)(H,26,29);1-5,7H. The third kappa shape index (κ3) is 14.0. The van der Waals surface area contributed by atoms with Crippen LogP contribution in [0.5, 0.6) is 17.4 Å². The number of fused-ring (bicyclic) bond motifs is 2. The van der Waals surface area contributed by atoms with E-state index in [1.54, 1.807) is 110 Å². The van der Waals surface area contributed by atoms with Gasteiger partial charge in [0, 0.05) is 83.0 Å². The molecule has 0 fully saturated rings. The maximum absolute atomic E-state index is 12.7. The average Bonchev–Trinajstić information content (AvgIpc) is 4.13. The largest absolute Gasteiger partial charge is 0.508 e. The van der Waals surface area contributed by atoms with Crippen LogP contribution >= 0.6 is 34.8 Å². The first-order valence-electron chi connectivity index (χ1n) is 22.5. The highest BCUT2D eigenvalue weighted by atomic mass is 35.5. The van der Waals surface area contributed by atoms with E-state index < -0.39 is 0 Å². The van der Waals surface area contributed by atoms with E-state index in [-0.39, 0.29) is 11.8 Å². The van der Waals surface area contributed by atoms with Gasteiger partial charge in [0.15, 0.2) is 5.15 Å². The quantitative estimate of drug-likeness (QED) is 0.0654. The van der Waals surface area contributed by atoms with Crippen LogP contribution in [0.3, 0.4) is 0 Å². The van der Waals surface area contributed by atoms with E-state index in [0.29, 0.717) is 90.2 Å². The van der Waals surface area contributed by atoms with Crippen molar-refractivity contribution in [2.24, 2.45) is 0 Å². The van der Waals surface area contributed by atoms with Crippen molar-refractivity contribution in [3.63, 3.8) is 0 Å². The Labute approximate surface area is 423 Å². The van der Waals surface area contributed by atoms with Crippen LogP contribution in [0.15, 0.2) is 170 Å². The zero-order valence-corrected chi connectivity index (χ0v) is 40.2. The summed E-state index contributed by atoms with van der Waals surface area (Å²) in [6.45, 7) is 1.10. The molecule has 0 atom stereocenters. The van der Waals surface area contributed by atoms with Gasteiger partial charge in [-0.3, -0.25) is 9.59 Å². The number of carbonyl (C=O) groups is 2. The maximum Gasteiger partial charge on any atom is 0.251 e. The Balaban J connectivity index is 0.000000169. The molecule has 0 spiro atoms. The third-order valence-corrected chi connectivity index (χ3v) is 11.4. The summed E-state index contributed by atoms with van der Waals surface area (Å²) in [5.41, 5.74) is 6.22. The predicted octanol–water partition coefficient (Wildman–Crippen LogP) is 11.9. The summed E-state index contributed by atoms with van der Waals surface area (Å²) in [5, 5.41) is 16.1. The zero-order chi connectivity index (χ0) is 49.4. The number of para-hydroxylation sites is 2. The number of hydrogen-bond donors (Lipinski definition) is 5. The number of aryl methyl sites for hydroxylation is 2. The molecule has 4 heterocycles. The van der Waals surface area contributed by atoms with Gasteiger partial charge in [-0.25, -0.2) is 29.9 Å². The van der Waals surface area contributed by atoms with Gasteiger partial charge >= 0.3 is 0 Å². The predicted molar refractivity (Wildman–Crippen MR) is 278 cm³/mol. The number of phenolic OH excluding ortho intramolecular Hbond substituents is 1. The van der Waals surface area contributed by atoms with Crippen molar-refractivity contribution in [3.8, 4) is 39.9 Å². The molecule has 10 rings (SSSR count). The zero-order valence-electron chi connectivity index (χ0n) is 37.9. The van der Waals surface area contributed by atoms with Crippen LogP contribution in [-0.4, -0.2) is 69.9 Å². The first kappa shape index (κ1) is 49.3. The molecule has 71 heavy (non-hydrogen) atoms. The van der Waals surface area contributed by atoms with Crippen LogP contribution in [0.4, 0.5) is 0 Å². The molecule has 0 aliphatic rings. The van der Waals surface area contributed by atoms with Crippen LogP contribution in [0.25, 0.3) is 44.6 Å². The van der Waals surface area contributed by atoms with Crippen LogP contribution in [-0.2, 0) is 12.8 Å². The first-order chi connectivity index (χ1) is 34.6. The normalized spacial score (nSPS) is 10.7. The Bertz CT molecular complexity index is 3310. The summed E-state index contributed by atoms with van der Waals surface area (Å²) >= 11 is 18.3. The number of H-pyrrole nitrogens is 2. The van der Waals surface area contributed by atoms with Crippen molar-refractivity contribution in [3.05, 3.63) is 208 Å². The minimum Gasteiger partial charge on any atom is -0.508 e. The second-order valence-electron chi connectivity index (χ2n) is 15.7. The monoisotopic (exact) mass is 1000 g/mol. The molecule has 5 N–H and O–H groups in total. The van der Waals surface area contributed by atoms with E-state index in [1.165, 1.54) is 0 Å². The summed E-state index contributed by atoms with van der Waals surface area (Å²) in [6, 6.07) is 43.1. The number of ether oxygens (including phenoxy) is 1. The number of aromatic hydroxyl groups is 1. The molecule has 356 valence electrons.